The highest BCUT2D eigenvalue weighted by atomic mass is 15.3. The van der Waals surface area contributed by atoms with Gasteiger partial charge in [0.25, 0.3) is 0 Å². The Bertz CT molecular complexity index is 382. The number of rotatable bonds is 7. The quantitative estimate of drug-likeness (QED) is 0.594. The lowest BCUT2D eigenvalue weighted by atomic mass is 9.88. The Morgan fingerprint density at radius 2 is 1.85 bits per heavy atom. The van der Waals surface area contributed by atoms with E-state index in [1.165, 1.54) is 37.9 Å². The maximum absolute atomic E-state index is 5.83. The summed E-state index contributed by atoms with van der Waals surface area (Å²) in [4.78, 5) is 2.58. The molecule has 0 saturated carbocycles. The summed E-state index contributed by atoms with van der Waals surface area (Å²) in [6, 6.07) is 11.1. The normalized spacial score (nSPS) is 18.4. The van der Waals surface area contributed by atoms with Crippen LogP contribution in [0.1, 0.15) is 45.1 Å². The molecule has 1 fully saturated rings. The van der Waals surface area contributed by atoms with E-state index in [0.29, 0.717) is 6.04 Å². The molecule has 0 amide bonds. The van der Waals surface area contributed by atoms with Crippen molar-refractivity contribution < 1.29 is 0 Å². The third kappa shape index (κ3) is 3.81. The summed E-state index contributed by atoms with van der Waals surface area (Å²) in [6.45, 7) is 7.07. The highest BCUT2D eigenvalue weighted by molar-refractivity contribution is 5.14. The molecule has 1 aromatic rings. The summed E-state index contributed by atoms with van der Waals surface area (Å²) in [5, 5.41) is 0. The Hall–Kier alpha value is -0.900. The van der Waals surface area contributed by atoms with E-state index in [-0.39, 0.29) is 5.54 Å². The molecule has 1 saturated heterocycles. The molecule has 3 heteroatoms. The van der Waals surface area contributed by atoms with Crippen LogP contribution >= 0.6 is 0 Å². The number of benzene rings is 1. The maximum atomic E-state index is 5.83. The van der Waals surface area contributed by atoms with Crippen molar-refractivity contribution in [2.24, 2.45) is 5.84 Å². The van der Waals surface area contributed by atoms with Gasteiger partial charge in [-0.25, -0.2) is 0 Å². The minimum atomic E-state index is 0.141. The van der Waals surface area contributed by atoms with Gasteiger partial charge >= 0.3 is 0 Å². The van der Waals surface area contributed by atoms with E-state index in [4.69, 9.17) is 5.84 Å². The number of hydrazine groups is 1. The molecule has 1 heterocycles. The zero-order valence-corrected chi connectivity index (χ0v) is 12.9. The molecule has 1 aliphatic rings. The Labute approximate surface area is 123 Å². The SMILES string of the molecule is CC(C)(C(CCCc1ccccc1)NN)N1CCCC1. The summed E-state index contributed by atoms with van der Waals surface area (Å²) in [7, 11) is 0. The predicted octanol–water partition coefficient (Wildman–Crippen LogP) is 2.72. The second kappa shape index (κ2) is 7.21. The standard InChI is InChI=1S/C17H29N3/c1-17(2,20-13-6-7-14-20)16(19-18)12-8-11-15-9-4-3-5-10-15/h3-5,9-10,16,19H,6-8,11-14,18H2,1-2H3. The van der Waals surface area contributed by atoms with E-state index in [9.17, 15) is 0 Å². The minimum absolute atomic E-state index is 0.141. The average Bonchev–Trinajstić information content (AvgIpc) is 2.99. The summed E-state index contributed by atoms with van der Waals surface area (Å²) >= 11 is 0. The molecule has 3 nitrogen and oxygen atoms in total. The van der Waals surface area contributed by atoms with Crippen molar-refractivity contribution in [2.45, 2.75) is 57.5 Å². The number of nitrogens with one attached hydrogen (secondary N) is 1. The zero-order valence-electron chi connectivity index (χ0n) is 12.9. The smallest absolute Gasteiger partial charge is 0.0389 e. The number of aryl methyl sites for hydroxylation is 1. The van der Waals surface area contributed by atoms with Crippen molar-refractivity contribution in [1.29, 1.82) is 0 Å². The maximum Gasteiger partial charge on any atom is 0.0389 e. The van der Waals surface area contributed by atoms with Gasteiger partial charge in [0.1, 0.15) is 0 Å². The second-order valence-electron chi connectivity index (χ2n) is 6.44. The van der Waals surface area contributed by atoms with Crippen LogP contribution < -0.4 is 11.3 Å². The van der Waals surface area contributed by atoms with E-state index >= 15 is 0 Å². The van der Waals surface area contributed by atoms with Crippen LogP contribution in [-0.4, -0.2) is 29.6 Å². The van der Waals surface area contributed by atoms with Crippen LogP contribution in [0.4, 0.5) is 0 Å². The first-order valence-electron chi connectivity index (χ1n) is 7.89. The van der Waals surface area contributed by atoms with Gasteiger partial charge in [0.05, 0.1) is 0 Å². The van der Waals surface area contributed by atoms with Gasteiger partial charge in [-0.15, -0.1) is 0 Å². The number of hydrogen-bond donors (Lipinski definition) is 2. The lowest BCUT2D eigenvalue weighted by Gasteiger charge is -2.42. The largest absolute Gasteiger partial charge is 0.297 e. The molecule has 1 atom stereocenters. The summed E-state index contributed by atoms with van der Waals surface area (Å²) in [6.07, 6.45) is 6.08. The average molecular weight is 275 g/mol. The first kappa shape index (κ1) is 15.5. The number of nitrogens with zero attached hydrogens (tertiary/aromatic N) is 1. The van der Waals surface area contributed by atoms with Gasteiger partial charge in [0.15, 0.2) is 0 Å². The van der Waals surface area contributed by atoms with E-state index < -0.39 is 0 Å². The predicted molar refractivity (Wildman–Crippen MR) is 85.4 cm³/mol. The molecule has 3 N–H and O–H groups in total. The topological polar surface area (TPSA) is 41.3 Å². The molecule has 0 aliphatic carbocycles. The number of nitrogens with two attached hydrogens (primary N) is 1. The van der Waals surface area contributed by atoms with Gasteiger partial charge in [-0.3, -0.25) is 16.2 Å². The van der Waals surface area contributed by atoms with Gasteiger partial charge < -0.3 is 0 Å². The number of hydrogen-bond acceptors (Lipinski definition) is 3. The van der Waals surface area contributed by atoms with Crippen molar-refractivity contribution in [1.82, 2.24) is 10.3 Å². The molecular formula is C17H29N3. The van der Waals surface area contributed by atoms with Crippen LogP contribution in [0.5, 0.6) is 0 Å². The van der Waals surface area contributed by atoms with E-state index in [1.807, 2.05) is 0 Å². The molecule has 1 unspecified atom stereocenters. The van der Waals surface area contributed by atoms with E-state index in [2.05, 4.69) is 54.5 Å². The summed E-state index contributed by atoms with van der Waals surface area (Å²) < 4.78 is 0. The van der Waals surface area contributed by atoms with Gasteiger partial charge in [-0.1, -0.05) is 30.3 Å². The van der Waals surface area contributed by atoms with Crippen LogP contribution in [-0.2, 0) is 6.42 Å². The van der Waals surface area contributed by atoms with Gasteiger partial charge in [-0.05, 0) is 64.6 Å². The summed E-state index contributed by atoms with van der Waals surface area (Å²) in [5.41, 5.74) is 4.62. The molecule has 20 heavy (non-hydrogen) atoms. The van der Waals surface area contributed by atoms with Gasteiger partial charge in [0, 0.05) is 11.6 Å². The molecule has 0 aromatic heterocycles. The fraction of sp³-hybridized carbons (Fsp3) is 0.647. The van der Waals surface area contributed by atoms with E-state index in [1.54, 1.807) is 0 Å². The molecule has 0 spiro atoms. The van der Waals surface area contributed by atoms with Crippen molar-refractivity contribution in [3.63, 3.8) is 0 Å². The monoisotopic (exact) mass is 275 g/mol. The van der Waals surface area contributed by atoms with Crippen molar-refractivity contribution in [3.05, 3.63) is 35.9 Å². The lowest BCUT2D eigenvalue weighted by Crippen LogP contribution is -2.58. The van der Waals surface area contributed by atoms with Crippen LogP contribution in [0, 0.1) is 0 Å². The van der Waals surface area contributed by atoms with Crippen LogP contribution in [0.15, 0.2) is 30.3 Å². The third-order valence-corrected chi connectivity index (χ3v) is 4.78. The van der Waals surface area contributed by atoms with Crippen molar-refractivity contribution >= 4 is 0 Å². The minimum Gasteiger partial charge on any atom is -0.297 e. The van der Waals surface area contributed by atoms with Crippen LogP contribution in [0.2, 0.25) is 0 Å². The van der Waals surface area contributed by atoms with E-state index in [0.717, 1.165) is 12.8 Å². The molecule has 0 radical (unpaired) electrons. The Kier molecular flexibility index (Phi) is 5.58. The fourth-order valence-electron chi connectivity index (χ4n) is 3.31. The number of likely N-dealkylation sites (tertiary alicyclic amines) is 1. The highest BCUT2D eigenvalue weighted by Gasteiger charge is 2.35. The first-order chi connectivity index (χ1) is 9.64. The summed E-state index contributed by atoms with van der Waals surface area (Å²) in [5.74, 6) is 5.83. The van der Waals surface area contributed by atoms with Gasteiger partial charge in [0.2, 0.25) is 0 Å². The Balaban J connectivity index is 1.85. The van der Waals surface area contributed by atoms with Crippen LogP contribution in [0.3, 0.4) is 0 Å². The highest BCUT2D eigenvalue weighted by Crippen LogP contribution is 2.26. The molecule has 2 rings (SSSR count). The Morgan fingerprint density at radius 3 is 2.45 bits per heavy atom. The molecule has 112 valence electrons. The third-order valence-electron chi connectivity index (χ3n) is 4.78. The molecule has 0 bridgehead atoms. The van der Waals surface area contributed by atoms with Gasteiger partial charge in [-0.2, -0.15) is 0 Å². The van der Waals surface area contributed by atoms with Crippen LogP contribution in [0.25, 0.3) is 0 Å². The lowest BCUT2D eigenvalue weighted by molar-refractivity contribution is 0.101. The van der Waals surface area contributed by atoms with Crippen molar-refractivity contribution in [3.8, 4) is 0 Å². The molecule has 1 aromatic carbocycles. The van der Waals surface area contributed by atoms with Crippen molar-refractivity contribution in [2.75, 3.05) is 13.1 Å². The zero-order chi connectivity index (χ0) is 14.4. The first-order valence-corrected chi connectivity index (χ1v) is 7.89. The Morgan fingerprint density at radius 1 is 1.20 bits per heavy atom. The molecule has 1 aliphatic heterocycles. The second-order valence-corrected chi connectivity index (χ2v) is 6.44. The fourth-order valence-corrected chi connectivity index (χ4v) is 3.31. The molecular weight excluding hydrogens is 246 g/mol.